The van der Waals surface area contributed by atoms with E-state index in [9.17, 15) is 18.3 Å². The quantitative estimate of drug-likeness (QED) is 0.169. The third-order valence-corrected chi connectivity index (χ3v) is 8.72. The normalized spacial score (nSPS) is 11.0. The molecule has 270 valence electrons. The molecule has 0 bridgehead atoms. The summed E-state index contributed by atoms with van der Waals surface area (Å²) in [4.78, 5) is 8.78. The van der Waals surface area contributed by atoms with Crippen molar-refractivity contribution in [1.82, 2.24) is 9.97 Å². The molecule has 0 atom stereocenters. The number of benzene rings is 4. The van der Waals surface area contributed by atoms with Crippen LogP contribution in [0.4, 0.5) is 13.2 Å². The molecule has 6 aromatic rings. The number of pyridine rings is 2. The number of aromatic nitrogens is 2. The summed E-state index contributed by atoms with van der Waals surface area (Å²) in [6, 6.07) is 28.3. The number of methoxy groups -OCH3 is 1. The van der Waals surface area contributed by atoms with Crippen LogP contribution in [-0.4, -0.2) is 22.2 Å². The van der Waals surface area contributed by atoms with Gasteiger partial charge in [-0.15, -0.1) is 53.1 Å². The largest absolute Gasteiger partial charge is 2.00 e. The van der Waals surface area contributed by atoms with Crippen LogP contribution in [0.1, 0.15) is 50.1 Å². The van der Waals surface area contributed by atoms with Crippen molar-refractivity contribution in [1.29, 1.82) is 0 Å². The Kier molecular flexibility index (Phi) is 13.0. The van der Waals surface area contributed by atoms with E-state index in [1.165, 1.54) is 34.5 Å². The van der Waals surface area contributed by atoms with Crippen molar-refractivity contribution in [3.63, 3.8) is 0 Å². The van der Waals surface area contributed by atoms with Gasteiger partial charge in [0.1, 0.15) is 5.75 Å². The Morgan fingerprint density at radius 1 is 0.635 bits per heavy atom. The standard InChI is InChI=1S/C22H19F3NO.C22H22NO.Pt/c1-13-8-14(2)21(15(3)9-13)18-5-4-17(22(23,24)25)11-19(18)20-10-16(12-27)6-7-26-20;1-14-6-7-19(22-16(3)10-15(2)11-17(22)4)20(12-14)21-13-18(24-5)8-9-23-21;/h4-10,27H,12H2,1-3H3;6-11,13H,1-5H3;/q2*-1;+2. The van der Waals surface area contributed by atoms with E-state index in [0.717, 1.165) is 56.5 Å². The molecule has 8 heteroatoms. The van der Waals surface area contributed by atoms with Gasteiger partial charge in [-0.25, -0.2) is 0 Å². The molecule has 6 rings (SSSR count). The van der Waals surface area contributed by atoms with E-state index in [-0.39, 0.29) is 33.2 Å². The van der Waals surface area contributed by atoms with Crippen LogP contribution in [0, 0.1) is 60.6 Å². The number of nitrogens with zero attached hydrogens (tertiary/aromatic N) is 2. The first kappa shape index (κ1) is 40.2. The summed E-state index contributed by atoms with van der Waals surface area (Å²) >= 11 is 0. The van der Waals surface area contributed by atoms with E-state index < -0.39 is 11.7 Å². The molecule has 0 saturated heterocycles. The third kappa shape index (κ3) is 9.07. The van der Waals surface area contributed by atoms with Crippen molar-refractivity contribution in [2.75, 3.05) is 7.11 Å². The van der Waals surface area contributed by atoms with Crippen LogP contribution in [0.2, 0.25) is 0 Å². The van der Waals surface area contributed by atoms with Crippen LogP contribution in [0.25, 0.3) is 44.8 Å². The van der Waals surface area contributed by atoms with Crippen molar-refractivity contribution in [3.05, 3.63) is 147 Å². The number of ether oxygens (including phenoxy) is 1. The van der Waals surface area contributed by atoms with E-state index in [4.69, 9.17) is 4.74 Å². The van der Waals surface area contributed by atoms with Crippen LogP contribution >= 0.6 is 0 Å². The van der Waals surface area contributed by atoms with Gasteiger partial charge in [0.15, 0.2) is 0 Å². The minimum Gasteiger partial charge on any atom is -0.497 e. The van der Waals surface area contributed by atoms with Gasteiger partial charge in [-0.05, 0) is 82.3 Å². The van der Waals surface area contributed by atoms with Gasteiger partial charge in [-0.2, -0.15) is 13.2 Å². The average molecular weight is 882 g/mol. The first-order valence-electron chi connectivity index (χ1n) is 16.6. The zero-order valence-electron chi connectivity index (χ0n) is 30.5. The molecule has 0 saturated carbocycles. The zero-order valence-corrected chi connectivity index (χ0v) is 32.8. The second-order valence-corrected chi connectivity index (χ2v) is 12.9. The van der Waals surface area contributed by atoms with Gasteiger partial charge in [0, 0.05) is 12.4 Å². The molecule has 0 radical (unpaired) electrons. The summed E-state index contributed by atoms with van der Waals surface area (Å²) in [5.74, 6) is 0.804. The molecular formula is C44H41F3N2O2Pt. The Bertz CT molecular complexity index is 2170. The minimum absolute atomic E-state index is 0. The number of halogens is 3. The summed E-state index contributed by atoms with van der Waals surface area (Å²) in [6.07, 6.45) is -1.24. The van der Waals surface area contributed by atoms with Crippen LogP contribution < -0.4 is 4.74 Å². The molecule has 0 aliphatic heterocycles. The summed E-state index contributed by atoms with van der Waals surface area (Å²) in [5, 5.41) is 9.38. The van der Waals surface area contributed by atoms with E-state index >= 15 is 0 Å². The molecule has 2 aromatic heterocycles. The number of hydrogen-bond acceptors (Lipinski definition) is 4. The number of aryl methyl sites for hydroxylation is 7. The van der Waals surface area contributed by atoms with E-state index in [1.54, 1.807) is 25.4 Å². The van der Waals surface area contributed by atoms with Crippen LogP contribution in [-0.2, 0) is 33.8 Å². The van der Waals surface area contributed by atoms with Gasteiger partial charge in [-0.3, -0.25) is 0 Å². The fraction of sp³-hybridized carbons (Fsp3) is 0.227. The maximum Gasteiger partial charge on any atom is 2.00 e. The van der Waals surface area contributed by atoms with Gasteiger partial charge < -0.3 is 19.8 Å². The van der Waals surface area contributed by atoms with E-state index in [1.807, 2.05) is 45.0 Å². The number of alkyl halides is 3. The van der Waals surface area contributed by atoms with Gasteiger partial charge in [0.05, 0.1) is 13.7 Å². The molecule has 0 spiro atoms. The Hall–Kier alpha value is -4.58. The third-order valence-electron chi connectivity index (χ3n) is 8.72. The Morgan fingerprint density at radius 2 is 1.12 bits per heavy atom. The first-order chi connectivity index (χ1) is 24.2. The second-order valence-electron chi connectivity index (χ2n) is 12.9. The Morgan fingerprint density at radius 3 is 1.62 bits per heavy atom. The maximum absolute atomic E-state index is 13.3. The fourth-order valence-electron chi connectivity index (χ4n) is 6.67. The van der Waals surface area contributed by atoms with Crippen molar-refractivity contribution in [2.24, 2.45) is 0 Å². The van der Waals surface area contributed by atoms with Gasteiger partial charge in [0.2, 0.25) is 0 Å². The molecule has 0 unspecified atom stereocenters. The van der Waals surface area contributed by atoms with Crippen molar-refractivity contribution in [2.45, 2.75) is 61.2 Å². The van der Waals surface area contributed by atoms with Crippen LogP contribution in [0.3, 0.4) is 0 Å². The van der Waals surface area contributed by atoms with Crippen molar-refractivity contribution in [3.8, 4) is 50.5 Å². The molecular weight excluding hydrogens is 841 g/mol. The predicted molar refractivity (Wildman–Crippen MR) is 199 cm³/mol. The topological polar surface area (TPSA) is 55.2 Å². The molecule has 0 aliphatic carbocycles. The second kappa shape index (κ2) is 16.8. The first-order valence-corrected chi connectivity index (χ1v) is 16.6. The Labute approximate surface area is 319 Å². The molecule has 4 nitrogen and oxygen atoms in total. The number of aliphatic hydroxyl groups excluding tert-OH is 1. The summed E-state index contributed by atoms with van der Waals surface area (Å²) in [6.45, 7) is 14.2. The molecule has 0 fully saturated rings. The summed E-state index contributed by atoms with van der Waals surface area (Å²) < 4.78 is 45.2. The molecule has 0 amide bonds. The smallest absolute Gasteiger partial charge is 0.497 e. The Balaban J connectivity index is 0.000000230. The van der Waals surface area contributed by atoms with Gasteiger partial charge in [-0.1, -0.05) is 92.9 Å². The van der Waals surface area contributed by atoms with Gasteiger partial charge >= 0.3 is 27.2 Å². The predicted octanol–water partition coefficient (Wildman–Crippen LogP) is 11.1. The number of aliphatic hydroxyl groups is 1. The van der Waals surface area contributed by atoms with Crippen LogP contribution in [0.15, 0.2) is 85.2 Å². The monoisotopic (exact) mass is 881 g/mol. The fourth-order valence-corrected chi connectivity index (χ4v) is 6.67. The van der Waals surface area contributed by atoms with Crippen LogP contribution in [0.5, 0.6) is 5.75 Å². The number of hydrogen-bond donors (Lipinski definition) is 1. The summed E-state index contributed by atoms with van der Waals surface area (Å²) in [7, 11) is 1.67. The molecule has 2 heterocycles. The minimum atomic E-state index is -4.50. The maximum atomic E-state index is 13.3. The van der Waals surface area contributed by atoms with E-state index in [0.29, 0.717) is 16.8 Å². The SMILES string of the molecule is COc1ccnc(-c2[c-]c(C)ccc2-c2c(C)cc(C)cc2C)c1.Cc1cc(C)c(-c2ccc(C(F)(F)F)[c-]c2-c2cc(CO)ccn2)c(C)c1.[Pt+2]. The molecule has 52 heavy (non-hydrogen) atoms. The van der Waals surface area contributed by atoms with Crippen molar-refractivity contribution < 1.29 is 44.1 Å². The summed E-state index contributed by atoms with van der Waals surface area (Å²) in [5.41, 5.74) is 14.1. The van der Waals surface area contributed by atoms with Crippen molar-refractivity contribution >= 4 is 0 Å². The molecule has 1 N–H and O–H groups in total. The van der Waals surface area contributed by atoms with Gasteiger partial charge in [0.25, 0.3) is 0 Å². The van der Waals surface area contributed by atoms with E-state index in [2.05, 4.69) is 74.1 Å². The molecule has 0 aliphatic rings. The zero-order chi connectivity index (χ0) is 37.0. The number of rotatable bonds is 6. The molecule has 4 aromatic carbocycles. The average Bonchev–Trinajstić information content (AvgIpc) is 3.08.